The molecule has 188 valence electrons. The highest BCUT2D eigenvalue weighted by Crippen LogP contribution is 2.39. The molecule has 0 saturated heterocycles. The molecule has 2 aliphatic rings. The van der Waals surface area contributed by atoms with Gasteiger partial charge in [0.25, 0.3) is 5.91 Å². The number of fused-ring (bicyclic) bond motifs is 1. The lowest BCUT2D eigenvalue weighted by Crippen LogP contribution is -2.42. The molecule has 0 bridgehead atoms. The van der Waals surface area contributed by atoms with Crippen LogP contribution in [0.3, 0.4) is 0 Å². The molecular weight excluding hydrogens is 473 g/mol. The highest BCUT2D eigenvalue weighted by molar-refractivity contribution is 6.03. The topological polar surface area (TPSA) is 93.4 Å². The Morgan fingerprint density at radius 3 is 2.62 bits per heavy atom. The van der Waals surface area contributed by atoms with Gasteiger partial charge in [-0.1, -0.05) is 6.07 Å². The van der Waals surface area contributed by atoms with Crippen molar-refractivity contribution < 1.29 is 19.0 Å². The number of carbonyl (C=O) groups excluding carboxylic acids is 1. The van der Waals surface area contributed by atoms with E-state index in [2.05, 4.69) is 15.1 Å². The van der Waals surface area contributed by atoms with Crippen molar-refractivity contribution in [3.63, 3.8) is 0 Å². The Kier molecular flexibility index (Phi) is 6.13. The van der Waals surface area contributed by atoms with Crippen molar-refractivity contribution in [1.29, 1.82) is 0 Å². The minimum Gasteiger partial charge on any atom is -0.489 e. The van der Waals surface area contributed by atoms with E-state index in [1.165, 1.54) is 18.9 Å². The fourth-order valence-corrected chi connectivity index (χ4v) is 4.71. The Morgan fingerprint density at radius 1 is 1.08 bits per heavy atom. The van der Waals surface area contributed by atoms with E-state index in [1.54, 1.807) is 46.2 Å². The number of benzene rings is 1. The van der Waals surface area contributed by atoms with E-state index in [9.17, 15) is 9.90 Å². The molecule has 4 aromatic rings. The minimum absolute atomic E-state index is 0.147. The van der Waals surface area contributed by atoms with E-state index in [4.69, 9.17) is 4.74 Å². The molecule has 37 heavy (non-hydrogen) atoms. The first-order valence-electron chi connectivity index (χ1n) is 12.4. The van der Waals surface area contributed by atoms with Crippen LogP contribution in [0.15, 0.2) is 61.1 Å². The van der Waals surface area contributed by atoms with Gasteiger partial charge in [-0.3, -0.25) is 19.4 Å². The maximum absolute atomic E-state index is 15.6. The average Bonchev–Trinajstić information content (AvgIpc) is 3.70. The average molecular weight is 500 g/mol. The first kappa shape index (κ1) is 23.3. The molecule has 1 aliphatic heterocycles. The third-order valence-corrected chi connectivity index (χ3v) is 6.81. The number of β-amino-alcohol motifs (C(OH)–C–C–N with tert-alkyl or cyclic N) is 1. The second-order valence-electron chi connectivity index (χ2n) is 9.34. The number of pyridine rings is 2. The van der Waals surface area contributed by atoms with Gasteiger partial charge in [0.2, 0.25) is 0 Å². The van der Waals surface area contributed by atoms with Crippen LogP contribution < -0.4 is 4.74 Å². The summed E-state index contributed by atoms with van der Waals surface area (Å²) >= 11 is 0. The molecule has 1 fully saturated rings. The predicted molar refractivity (Wildman–Crippen MR) is 134 cm³/mol. The van der Waals surface area contributed by atoms with Gasteiger partial charge in [0.1, 0.15) is 29.6 Å². The number of rotatable bonds is 8. The number of amides is 1. The first-order chi connectivity index (χ1) is 18.1. The fourth-order valence-electron chi connectivity index (χ4n) is 4.71. The molecule has 1 amide bonds. The van der Waals surface area contributed by atoms with Crippen LogP contribution in [0.25, 0.3) is 22.4 Å². The molecule has 1 aliphatic carbocycles. The molecule has 0 spiro atoms. The quantitative estimate of drug-likeness (QED) is 0.393. The SMILES string of the molecule is O=C1c2c(-c3ccc(OCc4ccc(C5CC5)nc4)cc3F)c(-c3ccncc3)nn2CCN1CCO. The number of aliphatic hydroxyl groups is 1. The highest BCUT2D eigenvalue weighted by Gasteiger charge is 2.33. The van der Waals surface area contributed by atoms with Crippen molar-refractivity contribution in [1.82, 2.24) is 24.6 Å². The highest BCUT2D eigenvalue weighted by atomic mass is 19.1. The summed E-state index contributed by atoms with van der Waals surface area (Å²) in [5.74, 6) is 0.168. The standard InChI is InChI=1S/C28H26FN5O3/c29-23-15-21(37-17-18-1-6-24(31-16-18)19-2-3-19)4-5-22(23)25-26(20-7-9-30-10-8-20)32-34-12-11-33(13-14-35)28(36)27(25)34/h1,4-10,15-16,19,35H,2-3,11-14,17H2. The van der Waals surface area contributed by atoms with Crippen LogP contribution in [0.4, 0.5) is 4.39 Å². The molecule has 1 saturated carbocycles. The van der Waals surface area contributed by atoms with Crippen LogP contribution >= 0.6 is 0 Å². The van der Waals surface area contributed by atoms with Gasteiger partial charge in [-0.05, 0) is 43.2 Å². The summed E-state index contributed by atoms with van der Waals surface area (Å²) in [6.45, 7) is 1.22. The predicted octanol–water partition coefficient (Wildman–Crippen LogP) is 4.05. The van der Waals surface area contributed by atoms with Crippen LogP contribution in [0, 0.1) is 5.82 Å². The molecule has 1 N–H and O–H groups in total. The molecule has 6 rings (SSSR count). The number of hydrogen-bond donors (Lipinski definition) is 1. The number of nitrogens with zero attached hydrogens (tertiary/aromatic N) is 5. The number of aromatic nitrogens is 4. The minimum atomic E-state index is -0.516. The molecule has 0 radical (unpaired) electrons. The second kappa shape index (κ2) is 9.74. The monoisotopic (exact) mass is 499 g/mol. The first-order valence-corrected chi connectivity index (χ1v) is 12.4. The van der Waals surface area contributed by atoms with Crippen molar-refractivity contribution >= 4 is 5.91 Å². The van der Waals surface area contributed by atoms with Gasteiger partial charge in [-0.2, -0.15) is 5.10 Å². The summed E-state index contributed by atoms with van der Waals surface area (Å²) in [6.07, 6.45) is 7.47. The van der Waals surface area contributed by atoms with Gasteiger partial charge in [-0.25, -0.2) is 4.39 Å². The lowest BCUT2D eigenvalue weighted by molar-refractivity contribution is 0.0662. The number of aliphatic hydroxyl groups excluding tert-OH is 1. The van der Waals surface area contributed by atoms with Gasteiger partial charge in [-0.15, -0.1) is 0 Å². The van der Waals surface area contributed by atoms with Gasteiger partial charge in [0.05, 0.1) is 13.2 Å². The Balaban J connectivity index is 1.32. The number of carbonyl (C=O) groups is 1. The maximum Gasteiger partial charge on any atom is 0.272 e. The van der Waals surface area contributed by atoms with Gasteiger partial charge in [0.15, 0.2) is 0 Å². The van der Waals surface area contributed by atoms with Crippen molar-refractivity contribution in [2.75, 3.05) is 19.7 Å². The zero-order chi connectivity index (χ0) is 25.4. The molecule has 9 heteroatoms. The molecule has 0 atom stereocenters. The Labute approximate surface area is 213 Å². The van der Waals surface area contributed by atoms with Crippen molar-refractivity contribution in [2.45, 2.75) is 31.9 Å². The fraction of sp³-hybridized carbons (Fsp3) is 0.286. The third kappa shape index (κ3) is 4.58. The van der Waals surface area contributed by atoms with E-state index in [-0.39, 0.29) is 31.2 Å². The van der Waals surface area contributed by atoms with Crippen LogP contribution in [0.1, 0.15) is 40.5 Å². The summed E-state index contributed by atoms with van der Waals surface area (Å²) in [5.41, 5.74) is 4.25. The van der Waals surface area contributed by atoms with Crippen LogP contribution in [-0.2, 0) is 13.2 Å². The van der Waals surface area contributed by atoms with E-state index < -0.39 is 5.82 Å². The van der Waals surface area contributed by atoms with Gasteiger partial charge in [0, 0.05) is 71.6 Å². The Morgan fingerprint density at radius 2 is 1.92 bits per heavy atom. The van der Waals surface area contributed by atoms with Gasteiger partial charge >= 0.3 is 0 Å². The Bertz CT molecular complexity index is 1430. The number of ether oxygens (including phenoxy) is 1. The van der Waals surface area contributed by atoms with Crippen LogP contribution in [0.2, 0.25) is 0 Å². The molecule has 3 aromatic heterocycles. The summed E-state index contributed by atoms with van der Waals surface area (Å²) in [5, 5.41) is 14.1. The third-order valence-electron chi connectivity index (χ3n) is 6.81. The number of hydrogen-bond acceptors (Lipinski definition) is 6. The number of halogens is 1. The lowest BCUT2D eigenvalue weighted by Gasteiger charge is -2.27. The summed E-state index contributed by atoms with van der Waals surface area (Å²) in [6, 6.07) is 12.2. The normalized spacial score (nSPS) is 15.1. The molecule has 8 nitrogen and oxygen atoms in total. The van der Waals surface area contributed by atoms with Crippen molar-refractivity contribution in [3.8, 4) is 28.1 Å². The van der Waals surface area contributed by atoms with Crippen LogP contribution in [0.5, 0.6) is 5.75 Å². The van der Waals surface area contributed by atoms with Crippen molar-refractivity contribution in [2.24, 2.45) is 0 Å². The van der Waals surface area contributed by atoms with E-state index >= 15 is 4.39 Å². The molecule has 1 aromatic carbocycles. The second-order valence-corrected chi connectivity index (χ2v) is 9.34. The van der Waals surface area contributed by atoms with Gasteiger partial charge < -0.3 is 14.7 Å². The molecular formula is C28H26FN5O3. The molecule has 0 unspecified atom stereocenters. The van der Waals surface area contributed by atoms with Crippen molar-refractivity contribution in [3.05, 3.63) is 83.8 Å². The lowest BCUT2D eigenvalue weighted by atomic mass is 9.97. The maximum atomic E-state index is 15.6. The summed E-state index contributed by atoms with van der Waals surface area (Å²) in [7, 11) is 0. The summed E-state index contributed by atoms with van der Waals surface area (Å²) in [4.78, 5) is 23.5. The van der Waals surface area contributed by atoms with E-state index in [0.29, 0.717) is 41.7 Å². The summed E-state index contributed by atoms with van der Waals surface area (Å²) < 4.78 is 23.1. The zero-order valence-corrected chi connectivity index (χ0v) is 20.2. The smallest absolute Gasteiger partial charge is 0.272 e. The largest absolute Gasteiger partial charge is 0.489 e. The zero-order valence-electron chi connectivity index (χ0n) is 20.2. The molecule has 4 heterocycles. The van der Waals surface area contributed by atoms with E-state index in [0.717, 1.165) is 16.8 Å². The Hall–Kier alpha value is -4.11. The van der Waals surface area contributed by atoms with E-state index in [1.807, 2.05) is 18.3 Å². The van der Waals surface area contributed by atoms with Crippen LogP contribution in [-0.4, -0.2) is 55.4 Å².